The van der Waals surface area contributed by atoms with Crippen molar-refractivity contribution in [1.82, 2.24) is 15.3 Å². The van der Waals surface area contributed by atoms with Gasteiger partial charge in [0.2, 0.25) is 5.88 Å². The third kappa shape index (κ3) is 3.01. The number of hydrogen-bond acceptors (Lipinski definition) is 4. The molecule has 21 heavy (non-hydrogen) atoms. The van der Waals surface area contributed by atoms with Crippen molar-refractivity contribution < 1.29 is 4.74 Å². The molecule has 0 aliphatic carbocycles. The Morgan fingerprint density at radius 3 is 2.76 bits per heavy atom. The molecule has 0 fully saturated rings. The van der Waals surface area contributed by atoms with Crippen LogP contribution in [0.15, 0.2) is 48.8 Å². The largest absolute Gasteiger partial charge is 0.437 e. The van der Waals surface area contributed by atoms with Crippen LogP contribution in [0.25, 0.3) is 10.9 Å². The summed E-state index contributed by atoms with van der Waals surface area (Å²) in [6.45, 7) is 2.79. The number of benzene rings is 1. The molecule has 0 saturated carbocycles. The van der Waals surface area contributed by atoms with Crippen molar-refractivity contribution in [2.45, 2.75) is 13.5 Å². The maximum atomic E-state index is 5.86. The summed E-state index contributed by atoms with van der Waals surface area (Å²) >= 11 is 0. The smallest absolute Gasteiger partial charge is 0.222 e. The van der Waals surface area contributed by atoms with E-state index in [1.165, 1.54) is 0 Å². The normalized spacial score (nSPS) is 10.8. The number of aryl methyl sites for hydroxylation is 1. The lowest BCUT2D eigenvalue weighted by molar-refractivity contribution is 0.457. The minimum absolute atomic E-state index is 0.618. The van der Waals surface area contributed by atoms with Crippen LogP contribution in [-0.4, -0.2) is 17.0 Å². The van der Waals surface area contributed by atoms with E-state index in [-0.39, 0.29) is 0 Å². The summed E-state index contributed by atoms with van der Waals surface area (Å²) in [5.74, 6) is 1.32. The molecule has 0 radical (unpaired) electrons. The number of fused-ring (bicyclic) bond motifs is 1. The molecule has 3 rings (SSSR count). The Morgan fingerprint density at radius 2 is 1.95 bits per heavy atom. The van der Waals surface area contributed by atoms with E-state index in [1.807, 2.05) is 50.5 Å². The van der Waals surface area contributed by atoms with Crippen molar-refractivity contribution in [2.75, 3.05) is 7.05 Å². The van der Waals surface area contributed by atoms with E-state index in [2.05, 4.69) is 21.4 Å². The van der Waals surface area contributed by atoms with Crippen LogP contribution in [0.4, 0.5) is 0 Å². The number of hydrogen-bond donors (Lipinski definition) is 1. The highest BCUT2D eigenvalue weighted by Crippen LogP contribution is 2.25. The molecular formula is C17H17N3O. The van der Waals surface area contributed by atoms with Gasteiger partial charge in [0.25, 0.3) is 0 Å². The molecule has 0 saturated heterocycles. The first-order valence-electron chi connectivity index (χ1n) is 6.89. The van der Waals surface area contributed by atoms with Gasteiger partial charge in [0.1, 0.15) is 5.75 Å². The maximum Gasteiger partial charge on any atom is 0.222 e. The highest BCUT2D eigenvalue weighted by atomic mass is 16.5. The molecule has 1 N–H and O–H groups in total. The Labute approximate surface area is 123 Å². The average Bonchev–Trinajstić information content (AvgIpc) is 2.50. The molecule has 106 valence electrons. The lowest BCUT2D eigenvalue weighted by Crippen LogP contribution is -2.06. The first kappa shape index (κ1) is 13.5. The van der Waals surface area contributed by atoms with Gasteiger partial charge < -0.3 is 10.1 Å². The summed E-state index contributed by atoms with van der Waals surface area (Å²) in [7, 11) is 1.92. The number of para-hydroxylation sites is 1. The molecule has 0 atom stereocenters. The number of ether oxygens (including phenoxy) is 1. The third-order valence-electron chi connectivity index (χ3n) is 3.25. The number of aromatic nitrogens is 2. The minimum atomic E-state index is 0.618. The van der Waals surface area contributed by atoms with Crippen LogP contribution in [0.2, 0.25) is 0 Å². The number of rotatable bonds is 4. The third-order valence-corrected chi connectivity index (χ3v) is 3.25. The van der Waals surface area contributed by atoms with Gasteiger partial charge in [-0.05, 0) is 37.7 Å². The van der Waals surface area contributed by atoms with Crippen LogP contribution in [0.5, 0.6) is 11.6 Å². The highest BCUT2D eigenvalue weighted by molar-refractivity contribution is 5.79. The van der Waals surface area contributed by atoms with Gasteiger partial charge in [0.15, 0.2) is 0 Å². The number of pyridine rings is 2. The Morgan fingerprint density at radius 1 is 1.10 bits per heavy atom. The Balaban J connectivity index is 1.87. The molecule has 3 aromatic rings. The van der Waals surface area contributed by atoms with Crippen LogP contribution >= 0.6 is 0 Å². The topological polar surface area (TPSA) is 47.0 Å². The van der Waals surface area contributed by atoms with Crippen LogP contribution in [0.1, 0.15) is 11.1 Å². The molecule has 0 amide bonds. The quantitative estimate of drug-likeness (QED) is 0.794. The van der Waals surface area contributed by atoms with E-state index >= 15 is 0 Å². The van der Waals surface area contributed by atoms with E-state index in [4.69, 9.17) is 4.74 Å². The molecule has 0 aliphatic heterocycles. The molecule has 2 heterocycles. The molecule has 0 bridgehead atoms. The van der Waals surface area contributed by atoms with E-state index in [1.54, 1.807) is 6.20 Å². The number of nitrogens with one attached hydrogen (secondary N) is 1. The lowest BCUT2D eigenvalue weighted by atomic mass is 10.2. The summed E-state index contributed by atoms with van der Waals surface area (Å²) in [4.78, 5) is 8.77. The van der Waals surface area contributed by atoms with Gasteiger partial charge in [-0.15, -0.1) is 0 Å². The van der Waals surface area contributed by atoms with Gasteiger partial charge in [-0.2, -0.15) is 0 Å². The van der Waals surface area contributed by atoms with Crippen molar-refractivity contribution in [3.05, 3.63) is 59.9 Å². The highest BCUT2D eigenvalue weighted by Gasteiger charge is 2.05. The summed E-state index contributed by atoms with van der Waals surface area (Å²) in [6.07, 6.45) is 3.55. The van der Waals surface area contributed by atoms with Crippen LogP contribution in [0, 0.1) is 6.92 Å². The van der Waals surface area contributed by atoms with Crippen LogP contribution in [0.3, 0.4) is 0 Å². The first-order valence-corrected chi connectivity index (χ1v) is 6.89. The number of nitrogens with zero attached hydrogens (tertiary/aromatic N) is 2. The molecule has 4 heteroatoms. The molecule has 0 aliphatic rings. The fraction of sp³-hybridized carbons (Fsp3) is 0.176. The van der Waals surface area contributed by atoms with Crippen molar-refractivity contribution in [1.29, 1.82) is 0 Å². The van der Waals surface area contributed by atoms with Gasteiger partial charge in [-0.25, -0.2) is 4.98 Å². The van der Waals surface area contributed by atoms with Gasteiger partial charge in [0, 0.05) is 23.7 Å². The van der Waals surface area contributed by atoms with E-state index in [0.717, 1.165) is 28.6 Å². The first-order chi connectivity index (χ1) is 10.3. The zero-order valence-corrected chi connectivity index (χ0v) is 12.1. The summed E-state index contributed by atoms with van der Waals surface area (Å²) in [5.41, 5.74) is 3.11. The SMILES string of the molecule is CNCc1cnc(Oc2cnc3ccccc3c2)c(C)c1. The van der Waals surface area contributed by atoms with E-state index < -0.39 is 0 Å². The molecular weight excluding hydrogens is 262 g/mol. The van der Waals surface area contributed by atoms with Crippen molar-refractivity contribution in [3.63, 3.8) is 0 Å². The molecule has 0 unspecified atom stereocenters. The Bertz CT molecular complexity index is 771. The molecule has 2 aromatic heterocycles. The zero-order chi connectivity index (χ0) is 14.7. The summed E-state index contributed by atoms with van der Waals surface area (Å²) in [6, 6.07) is 12.0. The predicted molar refractivity (Wildman–Crippen MR) is 83.6 cm³/mol. The summed E-state index contributed by atoms with van der Waals surface area (Å²) in [5, 5.41) is 4.16. The van der Waals surface area contributed by atoms with Gasteiger partial charge in [-0.3, -0.25) is 4.98 Å². The van der Waals surface area contributed by atoms with Crippen LogP contribution in [-0.2, 0) is 6.54 Å². The average molecular weight is 279 g/mol. The molecule has 1 aromatic carbocycles. The van der Waals surface area contributed by atoms with E-state index in [9.17, 15) is 0 Å². The molecule has 4 nitrogen and oxygen atoms in total. The van der Waals surface area contributed by atoms with E-state index in [0.29, 0.717) is 11.6 Å². The second kappa shape index (κ2) is 5.89. The summed E-state index contributed by atoms with van der Waals surface area (Å²) < 4.78 is 5.86. The second-order valence-electron chi connectivity index (χ2n) is 4.96. The fourth-order valence-electron chi connectivity index (χ4n) is 2.25. The van der Waals surface area contributed by atoms with Crippen molar-refractivity contribution >= 4 is 10.9 Å². The van der Waals surface area contributed by atoms with Gasteiger partial charge in [0.05, 0.1) is 11.7 Å². The second-order valence-corrected chi connectivity index (χ2v) is 4.96. The van der Waals surface area contributed by atoms with Gasteiger partial charge >= 0.3 is 0 Å². The Kier molecular flexibility index (Phi) is 3.79. The minimum Gasteiger partial charge on any atom is -0.437 e. The maximum absolute atomic E-state index is 5.86. The lowest BCUT2D eigenvalue weighted by Gasteiger charge is -2.09. The fourth-order valence-corrected chi connectivity index (χ4v) is 2.25. The Hall–Kier alpha value is -2.46. The van der Waals surface area contributed by atoms with Gasteiger partial charge in [-0.1, -0.05) is 18.2 Å². The zero-order valence-electron chi connectivity index (χ0n) is 12.1. The predicted octanol–water partition coefficient (Wildman–Crippen LogP) is 3.45. The molecule has 0 spiro atoms. The van der Waals surface area contributed by atoms with Crippen LogP contribution < -0.4 is 10.1 Å². The van der Waals surface area contributed by atoms with Crippen molar-refractivity contribution in [2.24, 2.45) is 0 Å². The standard InChI is InChI=1S/C17H17N3O/c1-12-7-13(9-18-2)10-20-17(12)21-15-8-14-5-3-4-6-16(14)19-11-15/h3-8,10-11,18H,9H2,1-2H3. The monoisotopic (exact) mass is 279 g/mol. The van der Waals surface area contributed by atoms with Crippen molar-refractivity contribution in [3.8, 4) is 11.6 Å².